The molecule has 2 amide bonds. The van der Waals surface area contributed by atoms with Crippen LogP contribution in [0.3, 0.4) is 0 Å². The van der Waals surface area contributed by atoms with E-state index in [4.69, 9.17) is 4.74 Å². The SMILES string of the molecule is CCCC(CCC)=NNC(=O)C(=O)Nc1ccccc1OCC. The molecule has 0 aromatic heterocycles. The molecular formula is C17H25N3O3. The second kappa shape index (κ2) is 10.4. The third-order valence-electron chi connectivity index (χ3n) is 3.03. The Kier molecular flexibility index (Phi) is 8.42. The third kappa shape index (κ3) is 6.50. The lowest BCUT2D eigenvalue weighted by atomic mass is 10.1. The number of hydrogen-bond donors (Lipinski definition) is 2. The number of para-hydroxylation sites is 2. The van der Waals surface area contributed by atoms with Gasteiger partial charge in [-0.1, -0.05) is 38.8 Å². The Labute approximate surface area is 137 Å². The van der Waals surface area contributed by atoms with Crippen LogP contribution < -0.4 is 15.5 Å². The van der Waals surface area contributed by atoms with Gasteiger partial charge in [0.05, 0.1) is 12.3 Å². The van der Waals surface area contributed by atoms with Crippen molar-refractivity contribution in [2.24, 2.45) is 5.10 Å². The summed E-state index contributed by atoms with van der Waals surface area (Å²) in [4.78, 5) is 23.8. The predicted molar refractivity (Wildman–Crippen MR) is 91.6 cm³/mol. The van der Waals surface area contributed by atoms with Gasteiger partial charge in [-0.3, -0.25) is 9.59 Å². The average Bonchev–Trinajstić information content (AvgIpc) is 2.54. The molecule has 6 heteroatoms. The molecule has 0 aliphatic carbocycles. The molecule has 1 rings (SSSR count). The van der Waals surface area contributed by atoms with Gasteiger partial charge in [0.25, 0.3) is 0 Å². The van der Waals surface area contributed by atoms with Gasteiger partial charge in [0.15, 0.2) is 0 Å². The number of rotatable bonds is 8. The minimum absolute atomic E-state index is 0.459. The molecule has 126 valence electrons. The molecule has 0 aliphatic heterocycles. The molecule has 1 aromatic rings. The number of ether oxygens (including phenoxy) is 1. The summed E-state index contributed by atoms with van der Waals surface area (Å²) in [7, 11) is 0. The van der Waals surface area contributed by atoms with Gasteiger partial charge in [0.1, 0.15) is 5.75 Å². The summed E-state index contributed by atoms with van der Waals surface area (Å²) < 4.78 is 5.41. The van der Waals surface area contributed by atoms with Crippen LogP contribution in [-0.2, 0) is 9.59 Å². The number of amides is 2. The van der Waals surface area contributed by atoms with E-state index in [0.29, 0.717) is 18.0 Å². The minimum atomic E-state index is -0.791. The monoisotopic (exact) mass is 319 g/mol. The Hall–Kier alpha value is -2.37. The van der Waals surface area contributed by atoms with E-state index in [0.717, 1.165) is 31.4 Å². The first-order valence-electron chi connectivity index (χ1n) is 8.00. The van der Waals surface area contributed by atoms with Gasteiger partial charge in [0.2, 0.25) is 0 Å². The van der Waals surface area contributed by atoms with E-state index in [2.05, 4.69) is 15.8 Å². The fourth-order valence-electron chi connectivity index (χ4n) is 2.02. The Morgan fingerprint density at radius 1 is 1.04 bits per heavy atom. The van der Waals surface area contributed by atoms with E-state index in [1.54, 1.807) is 24.3 Å². The number of nitrogens with one attached hydrogen (secondary N) is 2. The third-order valence-corrected chi connectivity index (χ3v) is 3.03. The van der Waals surface area contributed by atoms with Crippen molar-refractivity contribution < 1.29 is 14.3 Å². The van der Waals surface area contributed by atoms with Gasteiger partial charge in [-0.05, 0) is 31.9 Å². The summed E-state index contributed by atoms with van der Waals surface area (Å²) in [6.45, 7) is 6.42. The van der Waals surface area contributed by atoms with Gasteiger partial charge < -0.3 is 10.1 Å². The highest BCUT2D eigenvalue weighted by molar-refractivity contribution is 6.39. The molecule has 0 fully saturated rings. The standard InChI is InChI=1S/C17H25N3O3/c1-4-9-13(10-5-2)19-20-17(22)16(21)18-14-11-7-8-12-15(14)23-6-3/h7-8,11-12H,4-6,9-10H2,1-3H3,(H,18,21)(H,20,22). The Balaban J connectivity index is 2.67. The molecule has 6 nitrogen and oxygen atoms in total. The van der Waals surface area contributed by atoms with Crippen molar-refractivity contribution >= 4 is 23.2 Å². The number of carbonyl (C=O) groups excluding carboxylic acids is 2. The van der Waals surface area contributed by atoms with Crippen LogP contribution in [0.5, 0.6) is 5.75 Å². The van der Waals surface area contributed by atoms with Gasteiger partial charge in [-0.15, -0.1) is 0 Å². The summed E-state index contributed by atoms with van der Waals surface area (Å²) in [5.74, 6) is -1.04. The van der Waals surface area contributed by atoms with Crippen molar-refractivity contribution in [2.45, 2.75) is 46.5 Å². The van der Waals surface area contributed by atoms with E-state index < -0.39 is 11.8 Å². The topological polar surface area (TPSA) is 79.8 Å². The van der Waals surface area contributed by atoms with E-state index >= 15 is 0 Å². The quantitative estimate of drug-likeness (QED) is 0.439. The molecule has 2 N–H and O–H groups in total. The molecule has 0 unspecified atom stereocenters. The normalized spacial score (nSPS) is 9.87. The fourth-order valence-corrected chi connectivity index (χ4v) is 2.02. The number of hydrogen-bond acceptors (Lipinski definition) is 4. The highest BCUT2D eigenvalue weighted by Crippen LogP contribution is 2.23. The van der Waals surface area contributed by atoms with Crippen LogP contribution >= 0.6 is 0 Å². The second-order valence-corrected chi connectivity index (χ2v) is 5.00. The summed E-state index contributed by atoms with van der Waals surface area (Å²) in [6, 6.07) is 6.97. The van der Waals surface area contributed by atoms with Crippen LogP contribution in [0.15, 0.2) is 29.4 Å². The van der Waals surface area contributed by atoms with Crippen molar-refractivity contribution in [2.75, 3.05) is 11.9 Å². The van der Waals surface area contributed by atoms with Crippen LogP contribution in [-0.4, -0.2) is 24.1 Å². The van der Waals surface area contributed by atoms with Crippen LogP contribution in [0.25, 0.3) is 0 Å². The van der Waals surface area contributed by atoms with E-state index in [9.17, 15) is 9.59 Å². The maximum Gasteiger partial charge on any atom is 0.329 e. The zero-order chi connectivity index (χ0) is 17.1. The summed E-state index contributed by atoms with van der Waals surface area (Å²) >= 11 is 0. The molecule has 0 atom stereocenters. The van der Waals surface area contributed by atoms with Gasteiger partial charge in [0, 0.05) is 5.71 Å². The molecule has 0 heterocycles. The molecule has 0 saturated carbocycles. The van der Waals surface area contributed by atoms with Crippen LogP contribution in [0, 0.1) is 0 Å². The van der Waals surface area contributed by atoms with Crippen molar-refractivity contribution in [3.63, 3.8) is 0 Å². The maximum atomic E-state index is 11.9. The Bertz CT molecular complexity index is 548. The highest BCUT2D eigenvalue weighted by atomic mass is 16.5. The van der Waals surface area contributed by atoms with Gasteiger partial charge in [-0.25, -0.2) is 5.43 Å². The van der Waals surface area contributed by atoms with Crippen LogP contribution in [0.4, 0.5) is 5.69 Å². The second-order valence-electron chi connectivity index (χ2n) is 5.00. The molecule has 0 spiro atoms. The first-order chi connectivity index (χ1) is 11.1. The van der Waals surface area contributed by atoms with Gasteiger partial charge in [-0.2, -0.15) is 5.10 Å². The first kappa shape index (κ1) is 18.7. The number of carbonyl (C=O) groups is 2. The van der Waals surface area contributed by atoms with Crippen molar-refractivity contribution in [1.82, 2.24) is 5.43 Å². The zero-order valence-electron chi connectivity index (χ0n) is 14.0. The average molecular weight is 319 g/mol. The first-order valence-corrected chi connectivity index (χ1v) is 8.00. The molecule has 1 aromatic carbocycles. The highest BCUT2D eigenvalue weighted by Gasteiger charge is 2.15. The maximum absolute atomic E-state index is 11.9. The molecule has 0 radical (unpaired) electrons. The molecule has 0 saturated heterocycles. The van der Waals surface area contributed by atoms with E-state index in [1.807, 2.05) is 20.8 Å². The molecule has 23 heavy (non-hydrogen) atoms. The minimum Gasteiger partial charge on any atom is -0.492 e. The van der Waals surface area contributed by atoms with Crippen molar-refractivity contribution in [1.29, 1.82) is 0 Å². The molecule has 0 bridgehead atoms. The van der Waals surface area contributed by atoms with Crippen molar-refractivity contribution in [3.05, 3.63) is 24.3 Å². The smallest absolute Gasteiger partial charge is 0.329 e. The fraction of sp³-hybridized carbons (Fsp3) is 0.471. The number of hydrazone groups is 1. The molecule has 0 aliphatic rings. The van der Waals surface area contributed by atoms with Crippen molar-refractivity contribution in [3.8, 4) is 5.75 Å². The molecular weight excluding hydrogens is 294 g/mol. The lowest BCUT2D eigenvalue weighted by Gasteiger charge is -2.10. The van der Waals surface area contributed by atoms with Gasteiger partial charge >= 0.3 is 11.8 Å². The number of benzene rings is 1. The van der Waals surface area contributed by atoms with E-state index in [-0.39, 0.29) is 0 Å². The largest absolute Gasteiger partial charge is 0.492 e. The zero-order valence-corrected chi connectivity index (χ0v) is 14.0. The van der Waals surface area contributed by atoms with Crippen LogP contribution in [0.2, 0.25) is 0 Å². The summed E-state index contributed by atoms with van der Waals surface area (Å²) in [5, 5.41) is 6.59. The lowest BCUT2D eigenvalue weighted by molar-refractivity contribution is -0.136. The van der Waals surface area contributed by atoms with E-state index in [1.165, 1.54) is 0 Å². The summed E-state index contributed by atoms with van der Waals surface area (Å²) in [6.07, 6.45) is 3.51. The summed E-state index contributed by atoms with van der Waals surface area (Å²) in [5.41, 5.74) is 3.67. The Morgan fingerprint density at radius 3 is 2.30 bits per heavy atom. The number of nitrogens with zero attached hydrogens (tertiary/aromatic N) is 1. The van der Waals surface area contributed by atoms with Crippen LogP contribution in [0.1, 0.15) is 46.5 Å². The predicted octanol–water partition coefficient (Wildman–Crippen LogP) is 3.10. The lowest BCUT2D eigenvalue weighted by Crippen LogP contribution is -2.33. The number of anilines is 1. The Morgan fingerprint density at radius 2 is 1.70 bits per heavy atom.